The number of carbonyl (C=O) groups is 1. The Labute approximate surface area is 191 Å². The van der Waals surface area contributed by atoms with Crippen LogP contribution in [0.25, 0.3) is 11.0 Å². The van der Waals surface area contributed by atoms with Gasteiger partial charge in [-0.2, -0.15) is 5.10 Å². The van der Waals surface area contributed by atoms with Crippen LogP contribution in [-0.4, -0.2) is 56.7 Å². The Morgan fingerprint density at radius 3 is 2.31 bits per heavy atom. The lowest BCUT2D eigenvalue weighted by Gasteiger charge is -2.35. The summed E-state index contributed by atoms with van der Waals surface area (Å²) >= 11 is 0. The molecule has 0 saturated carbocycles. The highest BCUT2D eigenvalue weighted by atomic mass is 16.2. The normalized spacial score (nSPS) is 15.7. The van der Waals surface area contributed by atoms with E-state index in [4.69, 9.17) is 10.1 Å². The zero-order chi connectivity index (χ0) is 23.0. The molecule has 1 amide bonds. The highest BCUT2D eigenvalue weighted by molar-refractivity contribution is 6.06. The summed E-state index contributed by atoms with van der Waals surface area (Å²) in [6, 6.07) is 12.5. The van der Waals surface area contributed by atoms with Crippen molar-refractivity contribution in [2.45, 2.75) is 59.5 Å². The van der Waals surface area contributed by atoms with Crippen molar-refractivity contribution in [3.8, 4) is 0 Å². The Bertz CT molecular complexity index is 1100. The van der Waals surface area contributed by atoms with Crippen molar-refractivity contribution in [1.82, 2.24) is 24.6 Å². The molecule has 0 spiro atoms. The number of piperazine rings is 1. The molecule has 0 atom stereocenters. The minimum Gasteiger partial charge on any atom is -0.336 e. The number of pyridine rings is 1. The molecule has 0 N–H and O–H groups in total. The van der Waals surface area contributed by atoms with Crippen LogP contribution >= 0.6 is 0 Å². The Kier molecular flexibility index (Phi) is 6.08. The second-order valence-corrected chi connectivity index (χ2v) is 10.2. The first-order valence-corrected chi connectivity index (χ1v) is 11.6. The maximum Gasteiger partial charge on any atom is 0.254 e. The second-order valence-electron chi connectivity index (χ2n) is 10.2. The molecular weight excluding hydrogens is 398 g/mol. The molecule has 1 aliphatic rings. The number of rotatable bonds is 4. The summed E-state index contributed by atoms with van der Waals surface area (Å²) in [7, 11) is 0. The molecule has 6 nitrogen and oxygen atoms in total. The van der Waals surface area contributed by atoms with Crippen molar-refractivity contribution in [2.75, 3.05) is 26.2 Å². The Hall–Kier alpha value is -2.73. The van der Waals surface area contributed by atoms with E-state index in [9.17, 15) is 4.79 Å². The molecule has 0 aliphatic carbocycles. The number of aryl methyl sites for hydroxylation is 1. The molecule has 1 saturated heterocycles. The molecule has 0 bridgehead atoms. The minimum absolute atomic E-state index is 0.0928. The average molecular weight is 434 g/mol. The molecule has 1 fully saturated rings. The summed E-state index contributed by atoms with van der Waals surface area (Å²) in [5.74, 6) is 0.326. The van der Waals surface area contributed by atoms with Crippen LogP contribution in [0.15, 0.2) is 36.4 Å². The van der Waals surface area contributed by atoms with E-state index in [2.05, 4.69) is 63.8 Å². The predicted molar refractivity (Wildman–Crippen MR) is 129 cm³/mol. The van der Waals surface area contributed by atoms with Gasteiger partial charge in [0, 0.05) is 38.4 Å². The van der Waals surface area contributed by atoms with E-state index in [1.807, 2.05) is 28.6 Å². The molecule has 2 aromatic heterocycles. The predicted octanol–water partition coefficient (Wildman–Crippen LogP) is 4.58. The lowest BCUT2D eigenvalue weighted by atomic mass is 10.0. The number of nitrogens with zero attached hydrogens (tertiary/aromatic N) is 5. The first-order chi connectivity index (χ1) is 15.1. The molecule has 3 heterocycles. The van der Waals surface area contributed by atoms with E-state index >= 15 is 0 Å². The topological polar surface area (TPSA) is 54.3 Å². The average Bonchev–Trinajstić information content (AvgIpc) is 3.11. The molecule has 6 heteroatoms. The highest BCUT2D eigenvalue weighted by Gasteiger charge is 2.28. The maximum atomic E-state index is 13.7. The van der Waals surface area contributed by atoms with Gasteiger partial charge in [0.25, 0.3) is 5.91 Å². The van der Waals surface area contributed by atoms with Crippen molar-refractivity contribution in [3.63, 3.8) is 0 Å². The minimum atomic E-state index is -0.210. The van der Waals surface area contributed by atoms with Gasteiger partial charge >= 0.3 is 0 Å². The van der Waals surface area contributed by atoms with Gasteiger partial charge < -0.3 is 4.90 Å². The van der Waals surface area contributed by atoms with Crippen LogP contribution in [0, 0.1) is 6.92 Å². The van der Waals surface area contributed by atoms with E-state index in [0.29, 0.717) is 0 Å². The van der Waals surface area contributed by atoms with E-state index < -0.39 is 0 Å². The van der Waals surface area contributed by atoms with Crippen molar-refractivity contribution < 1.29 is 4.79 Å². The summed E-state index contributed by atoms with van der Waals surface area (Å²) in [5, 5.41) is 5.67. The SMILES string of the molecule is Cc1nn(C(C)(C)C)c2nc(C(C)C)cc(C(=O)N3CCN(Cc4ccccc4)CC3)c12. The smallest absolute Gasteiger partial charge is 0.254 e. The largest absolute Gasteiger partial charge is 0.336 e. The van der Waals surface area contributed by atoms with E-state index in [-0.39, 0.29) is 17.4 Å². The zero-order valence-electron chi connectivity index (χ0n) is 20.2. The maximum absolute atomic E-state index is 13.7. The van der Waals surface area contributed by atoms with Crippen LogP contribution < -0.4 is 0 Å². The number of hydrogen-bond acceptors (Lipinski definition) is 4. The van der Waals surface area contributed by atoms with Crippen LogP contribution in [0.1, 0.15) is 67.8 Å². The lowest BCUT2D eigenvalue weighted by Crippen LogP contribution is -2.48. The lowest BCUT2D eigenvalue weighted by molar-refractivity contribution is 0.0630. The molecule has 1 aromatic carbocycles. The van der Waals surface area contributed by atoms with Gasteiger partial charge in [-0.05, 0) is 45.2 Å². The summed E-state index contributed by atoms with van der Waals surface area (Å²) in [4.78, 5) is 23.1. The molecule has 1 aliphatic heterocycles. The van der Waals surface area contributed by atoms with Crippen molar-refractivity contribution >= 4 is 16.9 Å². The van der Waals surface area contributed by atoms with Gasteiger partial charge in [0.15, 0.2) is 5.65 Å². The third kappa shape index (κ3) is 4.42. The number of carbonyl (C=O) groups excluding carboxylic acids is 1. The summed E-state index contributed by atoms with van der Waals surface area (Å²) in [5.41, 5.74) is 4.46. The van der Waals surface area contributed by atoms with E-state index in [1.54, 1.807) is 0 Å². The highest BCUT2D eigenvalue weighted by Crippen LogP contribution is 2.30. The van der Waals surface area contributed by atoms with Gasteiger partial charge in [0.2, 0.25) is 0 Å². The number of amides is 1. The third-order valence-corrected chi connectivity index (χ3v) is 6.20. The quantitative estimate of drug-likeness (QED) is 0.605. The number of benzene rings is 1. The Morgan fingerprint density at radius 1 is 1.06 bits per heavy atom. The summed E-state index contributed by atoms with van der Waals surface area (Å²) in [6.07, 6.45) is 0. The molecule has 32 heavy (non-hydrogen) atoms. The van der Waals surface area contributed by atoms with Gasteiger partial charge in [-0.25, -0.2) is 9.67 Å². The standard InChI is InChI=1S/C26H35N5O/c1-18(2)22-16-21(23-19(3)28-31(24(23)27-22)26(4,5)6)25(32)30-14-12-29(13-15-30)17-20-10-8-7-9-11-20/h7-11,16,18H,12-15,17H2,1-6H3. The van der Waals surface area contributed by atoms with Crippen LogP contribution in [-0.2, 0) is 12.1 Å². The first-order valence-electron chi connectivity index (χ1n) is 11.6. The van der Waals surface area contributed by atoms with Crippen LogP contribution in [0.3, 0.4) is 0 Å². The van der Waals surface area contributed by atoms with E-state index in [0.717, 1.165) is 60.7 Å². The second kappa shape index (κ2) is 8.66. The molecule has 0 unspecified atom stereocenters. The molecular formula is C26H35N5O. The fraction of sp³-hybridized carbons (Fsp3) is 0.500. The van der Waals surface area contributed by atoms with E-state index in [1.165, 1.54) is 5.56 Å². The zero-order valence-corrected chi connectivity index (χ0v) is 20.2. The fourth-order valence-electron chi connectivity index (χ4n) is 4.36. The fourth-order valence-corrected chi connectivity index (χ4v) is 4.36. The number of aromatic nitrogens is 3. The van der Waals surface area contributed by atoms with Crippen molar-refractivity contribution in [3.05, 3.63) is 58.9 Å². The third-order valence-electron chi connectivity index (χ3n) is 6.20. The molecule has 0 radical (unpaired) electrons. The Morgan fingerprint density at radius 2 is 1.72 bits per heavy atom. The summed E-state index contributed by atoms with van der Waals surface area (Å²) < 4.78 is 1.97. The van der Waals surface area contributed by atoms with Crippen molar-refractivity contribution in [1.29, 1.82) is 0 Å². The molecule has 4 rings (SSSR count). The van der Waals surface area contributed by atoms with Gasteiger partial charge in [-0.15, -0.1) is 0 Å². The van der Waals surface area contributed by atoms with Crippen LogP contribution in [0.4, 0.5) is 0 Å². The van der Waals surface area contributed by atoms with Gasteiger partial charge in [0.1, 0.15) is 0 Å². The monoisotopic (exact) mass is 433 g/mol. The van der Waals surface area contributed by atoms with Crippen LogP contribution in [0.2, 0.25) is 0 Å². The molecule has 170 valence electrons. The van der Waals surface area contributed by atoms with Crippen LogP contribution in [0.5, 0.6) is 0 Å². The molecule has 3 aromatic rings. The van der Waals surface area contributed by atoms with Crippen molar-refractivity contribution in [2.24, 2.45) is 0 Å². The summed E-state index contributed by atoms with van der Waals surface area (Å²) in [6.45, 7) is 16.7. The number of hydrogen-bond donors (Lipinski definition) is 0. The van der Waals surface area contributed by atoms with Gasteiger partial charge in [-0.1, -0.05) is 44.2 Å². The van der Waals surface area contributed by atoms with Gasteiger partial charge in [0.05, 0.1) is 22.2 Å². The Balaban J connectivity index is 1.62. The number of fused-ring (bicyclic) bond motifs is 1. The van der Waals surface area contributed by atoms with Gasteiger partial charge in [-0.3, -0.25) is 9.69 Å². The first kappa shape index (κ1) is 22.5.